The Labute approximate surface area is 122 Å². The minimum Gasteiger partial charge on any atom is -0.488 e. The zero-order valence-corrected chi connectivity index (χ0v) is 11.5. The lowest BCUT2D eigenvalue weighted by Gasteiger charge is -2.13. The molecule has 0 radical (unpaired) electrons. The molecule has 4 rings (SSSR count). The van der Waals surface area contributed by atoms with Gasteiger partial charge in [-0.1, -0.05) is 30.3 Å². The molecule has 104 valence electrons. The number of hydrogen-bond acceptors (Lipinski definition) is 4. The molecule has 1 aliphatic rings. The normalized spacial score (nSPS) is 16.5. The molecule has 1 aromatic heterocycles. The van der Waals surface area contributed by atoms with Crippen LogP contribution in [0.15, 0.2) is 54.9 Å². The first-order valence-corrected chi connectivity index (χ1v) is 7.08. The highest BCUT2D eigenvalue weighted by atomic mass is 16.5. The van der Waals surface area contributed by atoms with Crippen LogP contribution in [0.3, 0.4) is 0 Å². The average Bonchev–Trinajstić information content (AvgIpc) is 2.96. The third-order valence-electron chi connectivity index (χ3n) is 3.75. The van der Waals surface area contributed by atoms with Crippen LogP contribution >= 0.6 is 0 Å². The Balaban J connectivity index is 1.50. The summed E-state index contributed by atoms with van der Waals surface area (Å²) in [6.07, 6.45) is 2.68. The van der Waals surface area contributed by atoms with Crippen LogP contribution in [0.1, 0.15) is 5.56 Å². The number of benzene rings is 2. The van der Waals surface area contributed by atoms with E-state index in [0.29, 0.717) is 0 Å². The van der Waals surface area contributed by atoms with Crippen LogP contribution in [0.2, 0.25) is 0 Å². The highest BCUT2D eigenvalue weighted by molar-refractivity contribution is 5.88. The van der Waals surface area contributed by atoms with Crippen molar-refractivity contribution in [2.45, 2.75) is 12.5 Å². The summed E-state index contributed by atoms with van der Waals surface area (Å²) >= 11 is 0. The van der Waals surface area contributed by atoms with E-state index in [4.69, 9.17) is 4.74 Å². The van der Waals surface area contributed by atoms with Gasteiger partial charge < -0.3 is 10.1 Å². The number of ether oxygens (including phenoxy) is 1. The lowest BCUT2D eigenvalue weighted by molar-refractivity contribution is 0.246. The van der Waals surface area contributed by atoms with Crippen molar-refractivity contribution in [3.63, 3.8) is 0 Å². The lowest BCUT2D eigenvalue weighted by Crippen LogP contribution is -2.24. The van der Waals surface area contributed by atoms with Gasteiger partial charge >= 0.3 is 0 Å². The molecule has 21 heavy (non-hydrogen) atoms. The first-order valence-electron chi connectivity index (χ1n) is 7.08. The number of aromatic nitrogens is 2. The summed E-state index contributed by atoms with van der Waals surface area (Å²) in [4.78, 5) is 8.61. The van der Waals surface area contributed by atoms with E-state index >= 15 is 0 Å². The van der Waals surface area contributed by atoms with Crippen LogP contribution in [0, 0.1) is 0 Å². The van der Waals surface area contributed by atoms with E-state index in [-0.39, 0.29) is 6.10 Å². The summed E-state index contributed by atoms with van der Waals surface area (Å²) in [7, 11) is 0. The minimum absolute atomic E-state index is 0.149. The second kappa shape index (κ2) is 5.05. The largest absolute Gasteiger partial charge is 0.488 e. The van der Waals surface area contributed by atoms with Gasteiger partial charge in [0.1, 0.15) is 24.0 Å². The molecule has 0 saturated carbocycles. The molecule has 0 bridgehead atoms. The Morgan fingerprint density at radius 2 is 1.90 bits per heavy atom. The monoisotopic (exact) mass is 277 g/mol. The van der Waals surface area contributed by atoms with Gasteiger partial charge in [0.15, 0.2) is 0 Å². The molecular formula is C17H15N3O. The van der Waals surface area contributed by atoms with Crippen molar-refractivity contribution in [1.29, 1.82) is 0 Å². The Kier molecular flexibility index (Phi) is 2.92. The highest BCUT2D eigenvalue weighted by Gasteiger charge is 2.22. The standard InChI is InChI=1S/C17H15N3O/c1-4-8-16-12(5-1)9-13(21-16)10-18-17-14-6-2-3-7-15(14)19-11-20-17/h1-8,11,13H,9-10H2,(H,18,19,20)/t13-/m0/s1. The van der Waals surface area contributed by atoms with Crippen LogP contribution in [-0.2, 0) is 6.42 Å². The maximum Gasteiger partial charge on any atom is 0.137 e. The summed E-state index contributed by atoms with van der Waals surface area (Å²) in [5.74, 6) is 1.86. The van der Waals surface area contributed by atoms with E-state index in [9.17, 15) is 0 Å². The second-order valence-corrected chi connectivity index (χ2v) is 5.17. The van der Waals surface area contributed by atoms with E-state index in [0.717, 1.165) is 35.4 Å². The summed E-state index contributed by atoms with van der Waals surface area (Å²) in [6.45, 7) is 0.732. The van der Waals surface area contributed by atoms with Crippen molar-refractivity contribution >= 4 is 16.7 Å². The van der Waals surface area contributed by atoms with Gasteiger partial charge in [0.05, 0.1) is 12.1 Å². The highest BCUT2D eigenvalue weighted by Crippen LogP contribution is 2.28. The number of fused-ring (bicyclic) bond motifs is 2. The molecule has 0 saturated heterocycles. The lowest BCUT2D eigenvalue weighted by atomic mass is 10.1. The summed E-state index contributed by atoms with van der Waals surface area (Å²) in [6, 6.07) is 16.2. The van der Waals surface area contributed by atoms with E-state index in [1.807, 2.05) is 36.4 Å². The fraction of sp³-hybridized carbons (Fsp3) is 0.176. The summed E-state index contributed by atoms with van der Waals surface area (Å²) in [5.41, 5.74) is 2.22. The summed E-state index contributed by atoms with van der Waals surface area (Å²) in [5, 5.41) is 4.43. The molecule has 4 nitrogen and oxygen atoms in total. The van der Waals surface area contributed by atoms with Gasteiger partial charge in [0, 0.05) is 11.8 Å². The van der Waals surface area contributed by atoms with Gasteiger partial charge in [-0.15, -0.1) is 0 Å². The van der Waals surface area contributed by atoms with Gasteiger partial charge in [0.25, 0.3) is 0 Å². The van der Waals surface area contributed by atoms with Gasteiger partial charge in [-0.2, -0.15) is 0 Å². The van der Waals surface area contributed by atoms with Crippen molar-refractivity contribution in [3.05, 3.63) is 60.4 Å². The number of nitrogens with one attached hydrogen (secondary N) is 1. The summed E-state index contributed by atoms with van der Waals surface area (Å²) < 4.78 is 5.93. The van der Waals surface area contributed by atoms with Crippen LogP contribution in [0.25, 0.3) is 10.9 Å². The molecule has 3 aromatic rings. The van der Waals surface area contributed by atoms with Crippen LogP contribution in [0.4, 0.5) is 5.82 Å². The number of anilines is 1. The Bertz CT molecular complexity index is 757. The maximum absolute atomic E-state index is 5.93. The molecule has 0 unspecified atom stereocenters. The fourth-order valence-electron chi connectivity index (χ4n) is 2.72. The molecule has 4 heteroatoms. The van der Waals surface area contributed by atoms with Crippen molar-refractivity contribution in [2.24, 2.45) is 0 Å². The number of para-hydroxylation sites is 2. The molecule has 1 aliphatic heterocycles. The molecule has 2 heterocycles. The molecular weight excluding hydrogens is 262 g/mol. The van der Waals surface area contributed by atoms with Crippen molar-refractivity contribution in [1.82, 2.24) is 9.97 Å². The number of rotatable bonds is 3. The third kappa shape index (κ3) is 2.29. The van der Waals surface area contributed by atoms with E-state index < -0.39 is 0 Å². The van der Waals surface area contributed by atoms with E-state index in [2.05, 4.69) is 27.4 Å². The molecule has 1 N–H and O–H groups in total. The third-order valence-corrected chi connectivity index (χ3v) is 3.75. The average molecular weight is 277 g/mol. The Hall–Kier alpha value is -2.62. The molecule has 0 aliphatic carbocycles. The van der Waals surface area contributed by atoms with Crippen LogP contribution in [0.5, 0.6) is 5.75 Å². The predicted molar refractivity (Wildman–Crippen MR) is 82.6 cm³/mol. The first-order chi connectivity index (χ1) is 10.4. The van der Waals surface area contributed by atoms with E-state index in [1.54, 1.807) is 6.33 Å². The zero-order chi connectivity index (χ0) is 14.1. The van der Waals surface area contributed by atoms with Gasteiger partial charge in [-0.3, -0.25) is 0 Å². The topological polar surface area (TPSA) is 47.0 Å². The van der Waals surface area contributed by atoms with Crippen molar-refractivity contribution < 1.29 is 4.74 Å². The van der Waals surface area contributed by atoms with Crippen LogP contribution in [-0.4, -0.2) is 22.6 Å². The van der Waals surface area contributed by atoms with Crippen molar-refractivity contribution in [3.8, 4) is 5.75 Å². The quantitative estimate of drug-likeness (QED) is 0.799. The smallest absolute Gasteiger partial charge is 0.137 e. The number of nitrogens with zero attached hydrogens (tertiary/aromatic N) is 2. The minimum atomic E-state index is 0.149. The maximum atomic E-state index is 5.93. The first kappa shape index (κ1) is 12.1. The SMILES string of the molecule is c1ccc2c(c1)C[C@@H](CNc1ncnc3ccccc13)O2. The zero-order valence-electron chi connectivity index (χ0n) is 11.5. The fourth-order valence-corrected chi connectivity index (χ4v) is 2.72. The molecule has 0 amide bonds. The van der Waals surface area contributed by atoms with Gasteiger partial charge in [-0.05, 0) is 23.8 Å². The van der Waals surface area contributed by atoms with Gasteiger partial charge in [0.2, 0.25) is 0 Å². The van der Waals surface area contributed by atoms with Crippen molar-refractivity contribution in [2.75, 3.05) is 11.9 Å². The predicted octanol–water partition coefficient (Wildman–Crippen LogP) is 3.05. The molecule has 1 atom stereocenters. The van der Waals surface area contributed by atoms with Crippen LogP contribution < -0.4 is 10.1 Å². The second-order valence-electron chi connectivity index (χ2n) is 5.17. The molecule has 0 fully saturated rings. The van der Waals surface area contributed by atoms with Gasteiger partial charge in [-0.25, -0.2) is 9.97 Å². The Morgan fingerprint density at radius 3 is 2.86 bits per heavy atom. The van der Waals surface area contributed by atoms with E-state index in [1.165, 1.54) is 5.56 Å². The number of hydrogen-bond donors (Lipinski definition) is 1. The molecule has 2 aromatic carbocycles. The Morgan fingerprint density at radius 1 is 1.05 bits per heavy atom. The molecule has 0 spiro atoms.